The molecule has 1 N–H and O–H groups in total. The van der Waals surface area contributed by atoms with E-state index in [9.17, 15) is 19.5 Å². The van der Waals surface area contributed by atoms with Crippen LogP contribution >= 0.6 is 0 Å². The number of unbranched alkanes of at least 4 members (excludes halogenated alkanes) is 15. The van der Waals surface area contributed by atoms with Gasteiger partial charge in [-0.3, -0.25) is 9.59 Å². The molecule has 2 unspecified atom stereocenters. The van der Waals surface area contributed by atoms with Crippen LogP contribution in [0.5, 0.6) is 0 Å². The number of carbonyl (C=O) groups excluding carboxylic acids is 2. The number of carbonyl (C=O) groups is 3. The minimum Gasteiger partial charge on any atom is -0.477 e. The summed E-state index contributed by atoms with van der Waals surface area (Å²) in [5.41, 5.74) is 0. The molecule has 0 rings (SSSR count). The molecule has 9 heteroatoms. The average molecular weight is 1200 g/mol. The van der Waals surface area contributed by atoms with Crippen LogP contribution < -0.4 is 0 Å². The van der Waals surface area contributed by atoms with Crippen molar-refractivity contribution >= 4 is 17.9 Å². The van der Waals surface area contributed by atoms with Gasteiger partial charge in [-0.1, -0.05) is 267 Å². The fraction of sp³-hybridized carbons (Fsp3) is 0.577. The van der Waals surface area contributed by atoms with Crippen molar-refractivity contribution in [3.05, 3.63) is 182 Å². The lowest BCUT2D eigenvalue weighted by molar-refractivity contribution is -0.870. The summed E-state index contributed by atoms with van der Waals surface area (Å²) in [6.07, 6.45) is 98.4. The zero-order valence-electron chi connectivity index (χ0n) is 55.6. The number of hydrogen-bond acceptors (Lipinski definition) is 7. The molecule has 0 amide bonds. The second-order valence-electron chi connectivity index (χ2n) is 23.0. The summed E-state index contributed by atoms with van der Waals surface area (Å²) in [7, 11) is 5.95. The third kappa shape index (κ3) is 67.8. The number of carboxylic acid groups (broad SMARTS) is 1. The molecule has 0 aliphatic heterocycles. The third-order valence-corrected chi connectivity index (χ3v) is 13.7. The van der Waals surface area contributed by atoms with Crippen molar-refractivity contribution in [1.29, 1.82) is 0 Å². The fourth-order valence-corrected chi connectivity index (χ4v) is 8.54. The number of hydrogen-bond donors (Lipinski definition) is 1. The van der Waals surface area contributed by atoms with Crippen LogP contribution in [-0.4, -0.2) is 87.4 Å². The average Bonchev–Trinajstić information content (AvgIpc) is 3.56. The summed E-state index contributed by atoms with van der Waals surface area (Å²) >= 11 is 0. The van der Waals surface area contributed by atoms with E-state index < -0.39 is 24.3 Å². The summed E-state index contributed by atoms with van der Waals surface area (Å²) < 4.78 is 22.9. The van der Waals surface area contributed by atoms with Crippen molar-refractivity contribution in [2.75, 3.05) is 47.5 Å². The van der Waals surface area contributed by atoms with Crippen molar-refractivity contribution in [2.24, 2.45) is 0 Å². The molecule has 0 aliphatic rings. The van der Waals surface area contributed by atoms with E-state index in [4.69, 9.17) is 18.9 Å². The van der Waals surface area contributed by atoms with E-state index in [-0.39, 0.29) is 38.6 Å². The van der Waals surface area contributed by atoms with Gasteiger partial charge in [0.2, 0.25) is 0 Å². The van der Waals surface area contributed by atoms with Gasteiger partial charge in [-0.2, -0.15) is 0 Å². The van der Waals surface area contributed by atoms with Crippen LogP contribution in [-0.2, 0) is 33.3 Å². The number of esters is 2. The highest BCUT2D eigenvalue weighted by Gasteiger charge is 2.25. The third-order valence-electron chi connectivity index (χ3n) is 13.7. The number of allylic oxidation sites excluding steroid dienone is 30. The number of aliphatic carboxylic acids is 1. The molecule has 0 aliphatic carbocycles. The maximum Gasteiger partial charge on any atom is 0.361 e. The monoisotopic (exact) mass is 1200 g/mol. The molecule has 0 fully saturated rings. The summed E-state index contributed by atoms with van der Waals surface area (Å²) in [6, 6.07) is 0. The van der Waals surface area contributed by atoms with Gasteiger partial charge in [0, 0.05) is 12.8 Å². The second kappa shape index (κ2) is 66.3. The van der Waals surface area contributed by atoms with Crippen LogP contribution in [0.3, 0.4) is 0 Å². The van der Waals surface area contributed by atoms with Gasteiger partial charge in [0.25, 0.3) is 6.29 Å². The Hall–Kier alpha value is -5.61. The van der Waals surface area contributed by atoms with Gasteiger partial charge in [0.05, 0.1) is 34.4 Å². The Morgan fingerprint density at radius 1 is 0.345 bits per heavy atom. The zero-order chi connectivity index (χ0) is 63.3. The zero-order valence-corrected chi connectivity index (χ0v) is 55.6. The molecule has 0 aromatic heterocycles. The lowest BCUT2D eigenvalue weighted by Gasteiger charge is -2.25. The van der Waals surface area contributed by atoms with E-state index >= 15 is 0 Å². The largest absolute Gasteiger partial charge is 0.477 e. The van der Waals surface area contributed by atoms with Crippen LogP contribution in [0.15, 0.2) is 182 Å². The Bertz CT molecular complexity index is 2080. The van der Waals surface area contributed by atoms with Crippen LogP contribution in [0.2, 0.25) is 0 Å². The van der Waals surface area contributed by atoms with Crippen molar-refractivity contribution in [3.8, 4) is 0 Å². The SMILES string of the molecule is CC/C=C\C/C=C\C/C=C\C/C=C\C/C=C\C/C=C\C/C=C\C/C=C\C/C=C\CCCCCCCCCC(=O)OC(COC(=O)CCCCCCCCCC/C=C\C/C=C\C/C=C\C/C=C\C/C=C\C/C=C\CC)COC(OCC[N+](C)(C)C)C(=O)O. The highest BCUT2D eigenvalue weighted by molar-refractivity contribution is 5.71. The number of ether oxygens (including phenoxy) is 4. The molecule has 0 radical (unpaired) electrons. The van der Waals surface area contributed by atoms with E-state index in [0.29, 0.717) is 17.4 Å². The van der Waals surface area contributed by atoms with Crippen molar-refractivity contribution in [3.63, 3.8) is 0 Å². The quantitative estimate of drug-likeness (QED) is 0.0211. The molecule has 9 nitrogen and oxygen atoms in total. The first-order chi connectivity index (χ1) is 42.6. The Kier molecular flexibility index (Phi) is 62.1. The maximum absolute atomic E-state index is 12.9. The molecular weight excluding hydrogens is 1080 g/mol. The van der Waals surface area contributed by atoms with Gasteiger partial charge >= 0.3 is 17.9 Å². The standard InChI is InChI=1S/C78H123NO8/c1-6-8-10-12-14-16-18-20-22-24-26-28-30-32-34-35-36-37-38-39-40-41-43-45-47-49-51-53-55-57-59-61-63-65-67-69-76(81)87-74(73-86-78(77(82)83)84-71-70-79(3,4)5)72-85-75(80)68-66-64-62-60-58-56-54-52-50-48-46-44-42-33-31-29-27-25-23-21-19-17-15-13-11-9-7-2/h8-11,14-17,20-23,26-29,32-34,36-37,39-40,42-43,45-46,48-49,51,74,78H,6-7,12-13,18-19,24-25,30-31,35,38,41,44,47,50,52-73H2,1-5H3/p+1/b10-8-,11-9-,16-14-,17-15-,22-20-,23-21-,28-26-,29-27-,34-32-,37-36-,40-39-,42-33-,45-43-,48-46-,51-49-. The molecule has 0 bridgehead atoms. The predicted molar refractivity (Wildman–Crippen MR) is 372 cm³/mol. The number of likely N-dealkylation sites (N-methyl/N-ethyl adjacent to an activating group) is 1. The lowest BCUT2D eigenvalue weighted by Crippen LogP contribution is -2.40. The first kappa shape index (κ1) is 81.4. The van der Waals surface area contributed by atoms with E-state index in [1.807, 2.05) is 21.1 Å². The van der Waals surface area contributed by atoms with E-state index in [1.54, 1.807) is 0 Å². The fourth-order valence-electron chi connectivity index (χ4n) is 8.54. The molecule has 0 heterocycles. The van der Waals surface area contributed by atoms with Gasteiger partial charge < -0.3 is 28.5 Å². The van der Waals surface area contributed by atoms with Gasteiger partial charge in [-0.15, -0.1) is 0 Å². The number of carboxylic acids is 1. The summed E-state index contributed by atoms with van der Waals surface area (Å²) in [5, 5.41) is 9.74. The summed E-state index contributed by atoms with van der Waals surface area (Å²) in [6.45, 7) is 4.60. The lowest BCUT2D eigenvalue weighted by atomic mass is 10.1. The van der Waals surface area contributed by atoms with Gasteiger partial charge in [-0.25, -0.2) is 4.79 Å². The van der Waals surface area contributed by atoms with E-state index in [2.05, 4.69) is 196 Å². The Morgan fingerprint density at radius 2 is 0.621 bits per heavy atom. The topological polar surface area (TPSA) is 108 Å². The molecule has 0 saturated carbocycles. The van der Waals surface area contributed by atoms with Crippen LogP contribution in [0, 0.1) is 0 Å². The van der Waals surface area contributed by atoms with Gasteiger partial charge in [0.1, 0.15) is 13.2 Å². The van der Waals surface area contributed by atoms with Crippen molar-refractivity contribution < 1.29 is 42.9 Å². The van der Waals surface area contributed by atoms with Crippen LogP contribution in [0.1, 0.15) is 232 Å². The Labute approximate surface area is 532 Å². The molecule has 87 heavy (non-hydrogen) atoms. The van der Waals surface area contributed by atoms with Gasteiger partial charge in [0.15, 0.2) is 6.10 Å². The second-order valence-corrected chi connectivity index (χ2v) is 23.0. The molecule has 0 saturated heterocycles. The molecule has 0 aromatic rings. The molecule has 2 atom stereocenters. The highest BCUT2D eigenvalue weighted by Crippen LogP contribution is 2.15. The maximum atomic E-state index is 12.9. The van der Waals surface area contributed by atoms with Crippen molar-refractivity contribution in [2.45, 2.75) is 245 Å². The molecule has 0 aromatic carbocycles. The van der Waals surface area contributed by atoms with E-state index in [0.717, 1.165) is 154 Å². The predicted octanol–water partition coefficient (Wildman–Crippen LogP) is 21.2. The Morgan fingerprint density at radius 3 is 0.920 bits per heavy atom. The number of quaternary nitrogens is 1. The summed E-state index contributed by atoms with van der Waals surface area (Å²) in [5.74, 6) is -2.05. The van der Waals surface area contributed by atoms with Gasteiger partial charge in [-0.05, 0) is 135 Å². The minimum absolute atomic E-state index is 0.173. The first-order valence-electron chi connectivity index (χ1n) is 33.9. The summed E-state index contributed by atoms with van der Waals surface area (Å²) in [4.78, 5) is 37.6. The Balaban J connectivity index is 4.27. The van der Waals surface area contributed by atoms with E-state index in [1.165, 1.54) is 44.9 Å². The number of rotatable bonds is 60. The minimum atomic E-state index is -1.53. The molecule has 488 valence electrons. The van der Waals surface area contributed by atoms with Crippen LogP contribution in [0.4, 0.5) is 0 Å². The molecular formula is C78H124NO8+. The van der Waals surface area contributed by atoms with Crippen molar-refractivity contribution in [1.82, 2.24) is 0 Å². The number of nitrogens with zero attached hydrogens (tertiary/aromatic N) is 1. The van der Waals surface area contributed by atoms with Crippen LogP contribution in [0.25, 0.3) is 0 Å². The smallest absolute Gasteiger partial charge is 0.361 e. The normalized spacial score (nSPS) is 13.9. The highest BCUT2D eigenvalue weighted by atomic mass is 16.7. The molecule has 0 spiro atoms. The first-order valence-corrected chi connectivity index (χ1v) is 33.9.